The summed E-state index contributed by atoms with van der Waals surface area (Å²) in [5, 5.41) is 10.8. The Bertz CT molecular complexity index is 601. The normalized spacial score (nSPS) is 11.2. The Morgan fingerprint density at radius 1 is 1.33 bits per heavy atom. The van der Waals surface area contributed by atoms with Crippen LogP contribution in [-0.2, 0) is 11.3 Å². The topological polar surface area (TPSA) is 80.0 Å². The van der Waals surface area contributed by atoms with E-state index in [9.17, 15) is 4.79 Å². The predicted octanol–water partition coefficient (Wildman–Crippen LogP) is 3.18. The van der Waals surface area contributed by atoms with Gasteiger partial charge in [-0.2, -0.15) is 5.11 Å². The van der Waals surface area contributed by atoms with Gasteiger partial charge < -0.3 is 9.26 Å². The molecule has 2 rings (SSSR count). The third kappa shape index (κ3) is 2.85. The zero-order valence-electron chi connectivity index (χ0n) is 9.51. The van der Waals surface area contributed by atoms with Crippen LogP contribution in [0.25, 0.3) is 0 Å². The van der Waals surface area contributed by atoms with Crippen LogP contribution in [0.4, 0.5) is 11.4 Å². The molecule has 0 unspecified atom stereocenters. The summed E-state index contributed by atoms with van der Waals surface area (Å²) in [4.78, 5) is 11.4. The van der Waals surface area contributed by atoms with E-state index in [1.165, 1.54) is 7.11 Å². The van der Waals surface area contributed by atoms with Crippen LogP contribution in [0.15, 0.2) is 43.8 Å². The van der Waals surface area contributed by atoms with Crippen molar-refractivity contribution in [3.8, 4) is 0 Å². The zero-order chi connectivity index (χ0) is 13.0. The molecule has 0 amide bonds. The summed E-state index contributed by atoms with van der Waals surface area (Å²) in [5.41, 5.74) is 0.551. The van der Waals surface area contributed by atoms with Crippen molar-refractivity contribution in [2.45, 2.75) is 6.61 Å². The van der Waals surface area contributed by atoms with Gasteiger partial charge in [0.25, 0.3) is 0 Å². The fourth-order valence-electron chi connectivity index (χ4n) is 1.29. The van der Waals surface area contributed by atoms with Crippen LogP contribution < -0.4 is 5.63 Å². The Morgan fingerprint density at radius 2 is 2.06 bits per heavy atom. The van der Waals surface area contributed by atoms with Gasteiger partial charge in [0.2, 0.25) is 0 Å². The number of halogens is 1. The highest BCUT2D eigenvalue weighted by Gasteiger charge is 2.10. The molecule has 2 aromatic rings. The van der Waals surface area contributed by atoms with Crippen LogP contribution in [0.3, 0.4) is 0 Å². The van der Waals surface area contributed by atoms with E-state index in [-0.39, 0.29) is 12.3 Å². The minimum atomic E-state index is -0.584. The number of H-pyrrole nitrogens is 1. The quantitative estimate of drug-likeness (QED) is 0.864. The van der Waals surface area contributed by atoms with Gasteiger partial charge in [-0.3, -0.25) is 0 Å². The standard InChI is InChI=1S/C11H10ClN3O3/c1-17-6-9-10(11(16)18-15-9)14-13-8-4-2-7(12)3-5-8/h2-5,15H,6H2,1H3. The first-order chi connectivity index (χ1) is 8.70. The van der Waals surface area contributed by atoms with Gasteiger partial charge in [-0.25, -0.2) is 9.95 Å². The first-order valence-corrected chi connectivity index (χ1v) is 5.45. The molecule has 0 radical (unpaired) electrons. The van der Waals surface area contributed by atoms with Crippen molar-refractivity contribution in [2.24, 2.45) is 10.2 Å². The summed E-state index contributed by atoms with van der Waals surface area (Å²) in [6, 6.07) is 6.75. The lowest BCUT2D eigenvalue weighted by atomic mass is 10.3. The monoisotopic (exact) mass is 267 g/mol. The Hall–Kier alpha value is -1.92. The number of hydrogen-bond acceptors (Lipinski definition) is 5. The molecule has 0 atom stereocenters. The van der Waals surface area contributed by atoms with E-state index in [1.807, 2.05) is 0 Å². The third-order valence-electron chi connectivity index (χ3n) is 2.13. The number of nitrogens with zero attached hydrogens (tertiary/aromatic N) is 2. The highest BCUT2D eigenvalue weighted by Crippen LogP contribution is 2.20. The summed E-state index contributed by atoms with van der Waals surface area (Å²) in [6.07, 6.45) is 0. The second-order valence-corrected chi connectivity index (χ2v) is 3.86. The molecule has 1 aromatic carbocycles. The molecule has 0 aliphatic carbocycles. The summed E-state index contributed by atoms with van der Waals surface area (Å²) < 4.78 is 9.52. The second-order valence-electron chi connectivity index (χ2n) is 3.43. The number of aromatic nitrogens is 1. The van der Waals surface area contributed by atoms with Gasteiger partial charge in [-0.05, 0) is 24.3 Å². The molecule has 7 heteroatoms. The van der Waals surface area contributed by atoms with E-state index < -0.39 is 5.63 Å². The second kappa shape index (κ2) is 5.61. The fourth-order valence-corrected chi connectivity index (χ4v) is 1.41. The van der Waals surface area contributed by atoms with E-state index in [2.05, 4.69) is 19.9 Å². The Labute approximate surface area is 107 Å². The molecule has 0 saturated heterocycles. The van der Waals surface area contributed by atoms with Crippen LogP contribution in [0, 0.1) is 0 Å². The molecule has 0 fully saturated rings. The number of azo groups is 1. The molecule has 0 aliphatic rings. The van der Waals surface area contributed by atoms with Crippen LogP contribution in [0.2, 0.25) is 5.02 Å². The Balaban J connectivity index is 2.25. The van der Waals surface area contributed by atoms with Crippen molar-refractivity contribution in [3.05, 3.63) is 45.4 Å². The van der Waals surface area contributed by atoms with Crippen LogP contribution in [0.5, 0.6) is 0 Å². The van der Waals surface area contributed by atoms with Crippen molar-refractivity contribution in [2.75, 3.05) is 7.11 Å². The molecule has 0 aliphatic heterocycles. The van der Waals surface area contributed by atoms with Crippen molar-refractivity contribution in [3.63, 3.8) is 0 Å². The largest absolute Gasteiger partial charge is 0.385 e. The lowest BCUT2D eigenvalue weighted by molar-refractivity contribution is 0.177. The third-order valence-corrected chi connectivity index (χ3v) is 2.38. The average Bonchev–Trinajstić information content (AvgIpc) is 2.71. The molecule has 94 valence electrons. The molecule has 1 aromatic heterocycles. The number of rotatable bonds is 4. The van der Waals surface area contributed by atoms with E-state index in [4.69, 9.17) is 16.3 Å². The average molecular weight is 268 g/mol. The van der Waals surface area contributed by atoms with Gasteiger partial charge in [-0.1, -0.05) is 11.6 Å². The number of aromatic amines is 1. The van der Waals surface area contributed by atoms with E-state index >= 15 is 0 Å². The summed E-state index contributed by atoms with van der Waals surface area (Å²) in [5.74, 6) is 0. The Kier molecular flexibility index (Phi) is 3.91. The van der Waals surface area contributed by atoms with Crippen molar-refractivity contribution >= 4 is 23.0 Å². The van der Waals surface area contributed by atoms with Gasteiger partial charge in [0, 0.05) is 12.1 Å². The van der Waals surface area contributed by atoms with Crippen LogP contribution in [0.1, 0.15) is 5.69 Å². The summed E-state index contributed by atoms with van der Waals surface area (Å²) in [7, 11) is 1.51. The maximum absolute atomic E-state index is 11.4. The molecular formula is C11H10ClN3O3. The minimum Gasteiger partial charge on any atom is -0.378 e. The first-order valence-electron chi connectivity index (χ1n) is 5.07. The van der Waals surface area contributed by atoms with Crippen LogP contribution in [-0.4, -0.2) is 12.3 Å². The molecule has 18 heavy (non-hydrogen) atoms. The molecule has 1 heterocycles. The lowest BCUT2D eigenvalue weighted by Gasteiger charge is -1.94. The Morgan fingerprint density at radius 3 is 2.72 bits per heavy atom. The van der Waals surface area contributed by atoms with Gasteiger partial charge in [0.15, 0.2) is 5.69 Å². The number of benzene rings is 1. The fraction of sp³-hybridized carbons (Fsp3) is 0.182. The minimum absolute atomic E-state index is 0.104. The molecular weight excluding hydrogens is 258 g/mol. The molecule has 0 saturated carbocycles. The number of nitrogens with one attached hydrogen (secondary N) is 1. The highest BCUT2D eigenvalue weighted by atomic mass is 35.5. The van der Waals surface area contributed by atoms with Crippen molar-refractivity contribution < 1.29 is 9.26 Å². The van der Waals surface area contributed by atoms with E-state index in [1.54, 1.807) is 24.3 Å². The smallest absolute Gasteiger partial charge is 0.378 e. The number of hydrogen-bond donors (Lipinski definition) is 1. The highest BCUT2D eigenvalue weighted by molar-refractivity contribution is 6.30. The molecule has 1 N–H and O–H groups in total. The van der Waals surface area contributed by atoms with E-state index in [0.717, 1.165) is 0 Å². The summed E-state index contributed by atoms with van der Waals surface area (Å²) in [6.45, 7) is 0.195. The van der Waals surface area contributed by atoms with E-state index in [0.29, 0.717) is 16.4 Å². The van der Waals surface area contributed by atoms with Gasteiger partial charge in [0.05, 0.1) is 12.3 Å². The predicted molar refractivity (Wildman–Crippen MR) is 65.7 cm³/mol. The maximum atomic E-state index is 11.4. The summed E-state index contributed by atoms with van der Waals surface area (Å²) >= 11 is 5.74. The van der Waals surface area contributed by atoms with Gasteiger partial charge in [-0.15, -0.1) is 5.11 Å². The number of ether oxygens (including phenoxy) is 1. The lowest BCUT2D eigenvalue weighted by Crippen LogP contribution is -1.92. The maximum Gasteiger partial charge on any atom is 0.385 e. The first kappa shape index (κ1) is 12.5. The van der Waals surface area contributed by atoms with Crippen molar-refractivity contribution in [1.29, 1.82) is 0 Å². The van der Waals surface area contributed by atoms with Crippen molar-refractivity contribution in [1.82, 2.24) is 5.16 Å². The molecule has 6 nitrogen and oxygen atoms in total. The van der Waals surface area contributed by atoms with Gasteiger partial charge >= 0.3 is 5.63 Å². The van der Waals surface area contributed by atoms with Crippen LogP contribution >= 0.6 is 11.6 Å². The SMILES string of the molecule is COCc1[nH]oc(=O)c1N=Nc1ccc(Cl)cc1. The van der Waals surface area contributed by atoms with Gasteiger partial charge in [0.1, 0.15) is 5.69 Å². The molecule has 0 spiro atoms. The molecule has 0 bridgehead atoms. The number of methoxy groups -OCH3 is 1. The zero-order valence-corrected chi connectivity index (χ0v) is 10.3.